The highest BCUT2D eigenvalue weighted by molar-refractivity contribution is 7.92. The van der Waals surface area contributed by atoms with Crippen molar-refractivity contribution in [3.05, 3.63) is 39.2 Å². The number of ether oxygens (including phenoxy) is 1. The smallest absolute Gasteiger partial charge is 0.270 e. The molecule has 2 saturated heterocycles. The van der Waals surface area contributed by atoms with Crippen molar-refractivity contribution in [3.63, 3.8) is 0 Å². The lowest BCUT2D eigenvalue weighted by Gasteiger charge is -2.31. The Balaban J connectivity index is 1.38. The topological polar surface area (TPSA) is 150 Å². The van der Waals surface area contributed by atoms with Crippen LogP contribution in [-0.2, 0) is 14.8 Å². The Hall–Kier alpha value is -2.85. The van der Waals surface area contributed by atoms with Crippen LogP contribution >= 0.6 is 0 Å². The lowest BCUT2D eigenvalue weighted by atomic mass is 9.99. The Morgan fingerprint density at radius 1 is 1.31 bits per heavy atom. The van der Waals surface area contributed by atoms with Crippen molar-refractivity contribution >= 4 is 27.0 Å². The van der Waals surface area contributed by atoms with E-state index in [0.717, 1.165) is 12.0 Å². The molecular formula is C23H28N6O5S. The van der Waals surface area contributed by atoms with E-state index in [1.165, 1.54) is 20.3 Å². The highest BCUT2D eigenvalue weighted by atomic mass is 32.2. The predicted octanol–water partition coefficient (Wildman–Crippen LogP) is 1.26. The minimum Gasteiger partial charge on any atom is -0.388 e. The van der Waals surface area contributed by atoms with Crippen LogP contribution in [0.15, 0.2) is 28.0 Å². The Morgan fingerprint density at radius 2 is 2.06 bits per heavy atom. The Bertz CT molecular complexity index is 1380. The van der Waals surface area contributed by atoms with Gasteiger partial charge in [-0.15, -0.1) is 0 Å². The molecule has 35 heavy (non-hydrogen) atoms. The zero-order valence-corrected chi connectivity index (χ0v) is 20.3. The third kappa shape index (κ3) is 4.56. The third-order valence-corrected chi connectivity index (χ3v) is 8.84. The van der Waals surface area contributed by atoms with Gasteiger partial charge in [0, 0.05) is 36.1 Å². The number of nitriles is 1. The lowest BCUT2D eigenvalue weighted by molar-refractivity contribution is 0.0266. The molecule has 2 aliphatic heterocycles. The Kier molecular flexibility index (Phi) is 6.13. The summed E-state index contributed by atoms with van der Waals surface area (Å²) in [7, 11) is -3.46. The molecule has 1 saturated carbocycles. The summed E-state index contributed by atoms with van der Waals surface area (Å²) in [5, 5.41) is 25.5. The van der Waals surface area contributed by atoms with E-state index in [4.69, 9.17) is 4.74 Å². The number of pyridine rings is 1. The van der Waals surface area contributed by atoms with Crippen LogP contribution in [0.3, 0.4) is 0 Å². The van der Waals surface area contributed by atoms with Gasteiger partial charge in [0.15, 0.2) is 0 Å². The molecule has 11 nitrogen and oxygen atoms in total. The fourth-order valence-corrected chi connectivity index (χ4v) is 6.53. The summed E-state index contributed by atoms with van der Waals surface area (Å²) in [6.45, 7) is 3.19. The first kappa shape index (κ1) is 23.9. The van der Waals surface area contributed by atoms with Gasteiger partial charge in [-0.05, 0) is 50.7 Å². The highest BCUT2D eigenvalue weighted by Gasteiger charge is 2.40. The van der Waals surface area contributed by atoms with Crippen molar-refractivity contribution in [2.24, 2.45) is 0 Å². The number of nitrogens with one attached hydrogen (secondary N) is 1. The van der Waals surface area contributed by atoms with E-state index in [9.17, 15) is 23.6 Å². The molecule has 0 radical (unpaired) electrons. The van der Waals surface area contributed by atoms with Gasteiger partial charge < -0.3 is 15.2 Å². The van der Waals surface area contributed by atoms with Crippen LogP contribution in [0.5, 0.6) is 0 Å². The molecule has 0 aromatic carbocycles. The second kappa shape index (κ2) is 8.98. The first-order valence-corrected chi connectivity index (χ1v) is 13.3. The fraction of sp³-hybridized carbons (Fsp3) is 0.565. The van der Waals surface area contributed by atoms with Gasteiger partial charge in [0.05, 0.1) is 24.9 Å². The van der Waals surface area contributed by atoms with Gasteiger partial charge in [-0.1, -0.05) is 0 Å². The molecule has 4 heterocycles. The maximum atomic E-state index is 13.1. The molecule has 2 N–H and O–H groups in total. The predicted molar refractivity (Wildman–Crippen MR) is 128 cm³/mol. The maximum Gasteiger partial charge on any atom is 0.270 e. The molecule has 0 unspecified atom stereocenters. The van der Waals surface area contributed by atoms with Gasteiger partial charge >= 0.3 is 0 Å². The molecule has 5 rings (SSSR count). The Labute approximate surface area is 203 Å². The van der Waals surface area contributed by atoms with Gasteiger partial charge in [0.2, 0.25) is 16.0 Å². The summed E-state index contributed by atoms with van der Waals surface area (Å²) in [4.78, 5) is 22.1. The van der Waals surface area contributed by atoms with Gasteiger partial charge in [-0.3, -0.25) is 9.36 Å². The number of hydrogen-bond acceptors (Lipinski definition) is 9. The van der Waals surface area contributed by atoms with E-state index < -0.39 is 27.2 Å². The maximum absolute atomic E-state index is 13.1. The van der Waals surface area contributed by atoms with Crippen LogP contribution in [0, 0.1) is 11.3 Å². The number of anilines is 1. The van der Waals surface area contributed by atoms with Crippen LogP contribution < -0.4 is 10.9 Å². The average Bonchev–Trinajstić information content (AvgIpc) is 3.15. The van der Waals surface area contributed by atoms with Gasteiger partial charge in [0.1, 0.15) is 17.3 Å². The van der Waals surface area contributed by atoms with Gasteiger partial charge in [-0.2, -0.15) is 14.6 Å². The van der Waals surface area contributed by atoms with E-state index in [2.05, 4.69) is 15.3 Å². The largest absolute Gasteiger partial charge is 0.388 e. The molecule has 0 bridgehead atoms. The molecule has 12 heteroatoms. The molecule has 0 amide bonds. The van der Waals surface area contributed by atoms with Crippen molar-refractivity contribution in [1.29, 1.82) is 5.26 Å². The number of piperidine rings is 1. The highest BCUT2D eigenvalue weighted by Crippen LogP contribution is 2.39. The van der Waals surface area contributed by atoms with Crippen molar-refractivity contribution in [3.8, 4) is 6.07 Å². The molecular weight excluding hydrogens is 472 g/mol. The normalized spacial score (nSPS) is 25.9. The van der Waals surface area contributed by atoms with E-state index in [0.29, 0.717) is 69.0 Å². The number of nitrogens with zero attached hydrogens (tertiary/aromatic N) is 5. The number of aromatic nitrogens is 3. The minimum atomic E-state index is -3.46. The lowest BCUT2D eigenvalue weighted by Crippen LogP contribution is -2.42. The van der Waals surface area contributed by atoms with Crippen molar-refractivity contribution in [2.75, 3.05) is 31.6 Å². The van der Waals surface area contributed by atoms with Crippen LogP contribution in [0.1, 0.15) is 50.6 Å². The molecule has 3 aliphatic rings. The van der Waals surface area contributed by atoms with E-state index in [-0.39, 0.29) is 11.6 Å². The Morgan fingerprint density at radius 3 is 2.66 bits per heavy atom. The first-order chi connectivity index (χ1) is 16.7. The van der Waals surface area contributed by atoms with E-state index >= 15 is 0 Å². The molecule has 0 spiro atoms. The molecule has 2 atom stereocenters. The fourth-order valence-electron chi connectivity index (χ4n) is 5.11. The minimum absolute atomic E-state index is 0.0125. The molecule has 2 aromatic heterocycles. The monoisotopic (exact) mass is 500 g/mol. The van der Waals surface area contributed by atoms with E-state index in [1.54, 1.807) is 13.1 Å². The number of hydrogen-bond donors (Lipinski definition) is 2. The summed E-state index contributed by atoms with van der Waals surface area (Å²) in [5.74, 6) is 0.322. The molecule has 186 valence electrons. The zero-order chi connectivity index (χ0) is 24.8. The van der Waals surface area contributed by atoms with Gasteiger partial charge in [-0.25, -0.2) is 13.4 Å². The summed E-state index contributed by atoms with van der Waals surface area (Å²) in [6, 6.07) is 2.90. The summed E-state index contributed by atoms with van der Waals surface area (Å²) < 4.78 is 33.1. The number of sulfonamides is 1. The van der Waals surface area contributed by atoms with Crippen molar-refractivity contribution in [1.82, 2.24) is 18.8 Å². The van der Waals surface area contributed by atoms with Crippen LogP contribution in [0.4, 0.5) is 5.95 Å². The average molecular weight is 501 g/mol. The van der Waals surface area contributed by atoms with Crippen LogP contribution in [0.2, 0.25) is 0 Å². The number of aliphatic hydroxyl groups is 1. The van der Waals surface area contributed by atoms with Crippen LogP contribution in [-0.4, -0.2) is 70.3 Å². The zero-order valence-electron chi connectivity index (χ0n) is 19.5. The second-order valence-corrected chi connectivity index (χ2v) is 11.5. The first-order valence-electron chi connectivity index (χ1n) is 11.8. The second-order valence-electron chi connectivity index (χ2n) is 9.71. The molecule has 2 aromatic rings. The quantitative estimate of drug-likeness (QED) is 0.618. The SMILES string of the molecule is C[C@@]1(O)CCC[C@H]1n1c(=O)c(C#N)cc2cnc(NC3CCN(S(=O)(=O)C=C4COC4)CC3)nc21. The standard InChI is InChI=1S/C23H28N6O5S/c1-23(31)6-2-3-19(23)29-20-17(9-16(10-24)21(29)30)11-25-22(27-20)26-18-4-7-28(8-5-18)35(32,33)14-15-12-34-13-15/h9,11,14,18-19,31H,2-8,12-13H2,1H3,(H,25,26,27)/t19-,23-/m1/s1. The molecule has 3 fully saturated rings. The summed E-state index contributed by atoms with van der Waals surface area (Å²) in [6.07, 6.45) is 4.67. The van der Waals surface area contributed by atoms with Crippen LogP contribution in [0.25, 0.3) is 11.0 Å². The van der Waals surface area contributed by atoms with Crippen molar-refractivity contribution < 1.29 is 18.3 Å². The van der Waals surface area contributed by atoms with E-state index in [1.807, 2.05) is 6.07 Å². The molecule has 1 aliphatic carbocycles. The summed E-state index contributed by atoms with van der Waals surface area (Å²) >= 11 is 0. The van der Waals surface area contributed by atoms with Crippen molar-refractivity contribution in [2.45, 2.75) is 56.7 Å². The summed E-state index contributed by atoms with van der Waals surface area (Å²) in [5.41, 5.74) is -0.416. The third-order valence-electron chi connectivity index (χ3n) is 7.12. The number of fused-ring (bicyclic) bond motifs is 1. The van der Waals surface area contributed by atoms with Gasteiger partial charge in [0.25, 0.3) is 5.56 Å². The number of rotatable bonds is 5.